The standard InChI is InChI=1S/C17H20ClNO2/c1-21-16-14(17(19-11-20)8-5-9-17)10-12-6-3-2-4-7-13(12)15(16)18/h10H,2-9H2,1H3. The minimum atomic E-state index is -0.460. The van der Waals surface area contributed by atoms with Crippen molar-refractivity contribution in [2.24, 2.45) is 4.99 Å². The predicted octanol–water partition coefficient (Wildman–Crippen LogP) is 4.33. The fourth-order valence-electron chi connectivity index (χ4n) is 3.60. The van der Waals surface area contributed by atoms with Crippen LogP contribution in [-0.4, -0.2) is 13.2 Å². The summed E-state index contributed by atoms with van der Waals surface area (Å²) in [6.45, 7) is 0. The molecule has 2 aliphatic rings. The molecular weight excluding hydrogens is 286 g/mol. The molecule has 1 fully saturated rings. The minimum absolute atomic E-state index is 0.460. The van der Waals surface area contributed by atoms with Gasteiger partial charge in [0.15, 0.2) is 0 Å². The van der Waals surface area contributed by atoms with E-state index in [1.165, 1.54) is 30.4 Å². The third-order valence-corrected chi connectivity index (χ3v) is 5.33. The van der Waals surface area contributed by atoms with Crippen LogP contribution < -0.4 is 4.74 Å². The van der Waals surface area contributed by atoms with Crippen LogP contribution in [0.25, 0.3) is 0 Å². The van der Waals surface area contributed by atoms with Crippen molar-refractivity contribution in [1.29, 1.82) is 0 Å². The quantitative estimate of drug-likeness (QED) is 0.473. The zero-order valence-electron chi connectivity index (χ0n) is 12.4. The van der Waals surface area contributed by atoms with E-state index < -0.39 is 5.54 Å². The second-order valence-corrected chi connectivity index (χ2v) is 6.44. The summed E-state index contributed by atoms with van der Waals surface area (Å²) in [6, 6.07) is 2.19. The summed E-state index contributed by atoms with van der Waals surface area (Å²) < 4.78 is 5.59. The molecule has 1 aromatic rings. The van der Waals surface area contributed by atoms with E-state index in [0.29, 0.717) is 5.75 Å². The Hall–Kier alpha value is -1.31. The van der Waals surface area contributed by atoms with E-state index in [4.69, 9.17) is 16.3 Å². The van der Waals surface area contributed by atoms with Crippen molar-refractivity contribution in [3.63, 3.8) is 0 Å². The summed E-state index contributed by atoms with van der Waals surface area (Å²) in [5.74, 6) is 0.705. The molecule has 1 saturated carbocycles. The van der Waals surface area contributed by atoms with Gasteiger partial charge in [-0.05, 0) is 62.1 Å². The third-order valence-electron chi connectivity index (χ3n) is 4.93. The van der Waals surface area contributed by atoms with Gasteiger partial charge in [-0.15, -0.1) is 0 Å². The number of benzene rings is 1. The number of fused-ring (bicyclic) bond motifs is 1. The number of halogens is 1. The van der Waals surface area contributed by atoms with Crippen LogP contribution in [0.2, 0.25) is 5.02 Å². The average molecular weight is 306 g/mol. The van der Waals surface area contributed by atoms with E-state index in [1.807, 2.05) is 0 Å². The maximum atomic E-state index is 10.8. The zero-order valence-corrected chi connectivity index (χ0v) is 13.1. The molecule has 0 amide bonds. The van der Waals surface area contributed by atoms with Crippen molar-refractivity contribution in [2.75, 3.05) is 7.11 Å². The highest BCUT2D eigenvalue weighted by Crippen LogP contribution is 2.51. The van der Waals surface area contributed by atoms with Crippen LogP contribution in [0.1, 0.15) is 55.2 Å². The van der Waals surface area contributed by atoms with Gasteiger partial charge < -0.3 is 4.74 Å². The molecule has 0 atom stereocenters. The number of methoxy groups -OCH3 is 1. The molecule has 0 saturated heterocycles. The normalized spacial score (nSPS) is 19.7. The molecule has 2 aliphatic carbocycles. The Bertz CT molecular complexity index is 601. The fraction of sp³-hybridized carbons (Fsp3) is 0.588. The van der Waals surface area contributed by atoms with E-state index in [9.17, 15) is 4.79 Å². The number of rotatable bonds is 3. The average Bonchev–Trinajstić information content (AvgIpc) is 2.68. The van der Waals surface area contributed by atoms with Crippen molar-refractivity contribution >= 4 is 17.7 Å². The highest BCUT2D eigenvalue weighted by Gasteiger charge is 2.42. The van der Waals surface area contributed by atoms with E-state index in [0.717, 1.165) is 42.7 Å². The Morgan fingerprint density at radius 1 is 1.24 bits per heavy atom. The largest absolute Gasteiger partial charge is 0.495 e. The monoisotopic (exact) mass is 305 g/mol. The Balaban J connectivity index is 2.18. The smallest absolute Gasteiger partial charge is 0.235 e. The summed E-state index contributed by atoms with van der Waals surface area (Å²) in [4.78, 5) is 15.0. The first kappa shape index (κ1) is 14.6. The molecule has 0 N–H and O–H groups in total. The SMILES string of the molecule is COc1c(C2(N=C=O)CCC2)cc2c(c1Cl)CCCCC2. The lowest BCUT2D eigenvalue weighted by molar-refractivity contribution is 0.246. The zero-order chi connectivity index (χ0) is 14.9. The van der Waals surface area contributed by atoms with Gasteiger partial charge in [-0.25, -0.2) is 4.79 Å². The second-order valence-electron chi connectivity index (χ2n) is 6.06. The van der Waals surface area contributed by atoms with Gasteiger partial charge in [0.05, 0.1) is 12.1 Å². The Morgan fingerprint density at radius 3 is 2.62 bits per heavy atom. The summed E-state index contributed by atoms with van der Waals surface area (Å²) in [5.41, 5.74) is 3.04. The summed E-state index contributed by atoms with van der Waals surface area (Å²) in [7, 11) is 1.64. The Labute approximate surface area is 130 Å². The highest BCUT2D eigenvalue weighted by molar-refractivity contribution is 6.33. The van der Waals surface area contributed by atoms with Crippen molar-refractivity contribution in [1.82, 2.24) is 0 Å². The molecule has 0 bridgehead atoms. The summed E-state index contributed by atoms with van der Waals surface area (Å²) in [5, 5.41) is 0.722. The molecule has 21 heavy (non-hydrogen) atoms. The lowest BCUT2D eigenvalue weighted by atomic mass is 9.71. The molecule has 0 aliphatic heterocycles. The molecule has 3 nitrogen and oxygen atoms in total. The van der Waals surface area contributed by atoms with E-state index in [1.54, 1.807) is 13.2 Å². The van der Waals surface area contributed by atoms with Gasteiger partial charge >= 0.3 is 0 Å². The van der Waals surface area contributed by atoms with Crippen LogP contribution in [0.15, 0.2) is 11.1 Å². The van der Waals surface area contributed by atoms with E-state index in [2.05, 4.69) is 11.1 Å². The molecule has 0 radical (unpaired) electrons. The van der Waals surface area contributed by atoms with Crippen molar-refractivity contribution < 1.29 is 9.53 Å². The fourth-order valence-corrected chi connectivity index (χ4v) is 3.99. The van der Waals surface area contributed by atoms with Gasteiger partial charge in [0, 0.05) is 5.56 Å². The first-order valence-corrected chi connectivity index (χ1v) is 8.07. The number of ether oxygens (including phenoxy) is 1. The maximum absolute atomic E-state index is 10.8. The van der Waals surface area contributed by atoms with Gasteiger partial charge in [0.25, 0.3) is 0 Å². The molecular formula is C17H20ClNO2. The number of aryl methyl sites for hydroxylation is 1. The molecule has 0 aromatic heterocycles. The first-order chi connectivity index (χ1) is 10.2. The Morgan fingerprint density at radius 2 is 2.00 bits per heavy atom. The highest BCUT2D eigenvalue weighted by atomic mass is 35.5. The molecule has 112 valence electrons. The van der Waals surface area contributed by atoms with Crippen LogP contribution >= 0.6 is 11.6 Å². The molecule has 0 unspecified atom stereocenters. The topological polar surface area (TPSA) is 38.7 Å². The summed E-state index contributed by atoms with van der Waals surface area (Å²) >= 11 is 6.63. The van der Waals surface area contributed by atoms with Crippen LogP contribution in [0, 0.1) is 0 Å². The molecule has 3 rings (SSSR count). The Kier molecular flexibility index (Phi) is 4.05. The van der Waals surface area contributed by atoms with Gasteiger partial charge in [-0.3, -0.25) is 0 Å². The molecule has 0 heterocycles. The molecule has 4 heteroatoms. The van der Waals surface area contributed by atoms with Crippen molar-refractivity contribution in [3.05, 3.63) is 27.8 Å². The lowest BCUT2D eigenvalue weighted by Gasteiger charge is -2.38. The summed E-state index contributed by atoms with van der Waals surface area (Å²) in [6.07, 6.45) is 10.2. The minimum Gasteiger partial charge on any atom is -0.495 e. The number of isocyanates is 1. The lowest BCUT2D eigenvalue weighted by Crippen LogP contribution is -2.32. The van der Waals surface area contributed by atoms with Gasteiger partial charge in [0.2, 0.25) is 6.08 Å². The third kappa shape index (κ3) is 2.39. The predicted molar refractivity (Wildman–Crippen MR) is 82.9 cm³/mol. The van der Waals surface area contributed by atoms with Crippen LogP contribution in [0.4, 0.5) is 0 Å². The van der Waals surface area contributed by atoms with Crippen LogP contribution in [0.5, 0.6) is 5.75 Å². The van der Waals surface area contributed by atoms with Crippen LogP contribution in [-0.2, 0) is 23.2 Å². The van der Waals surface area contributed by atoms with Gasteiger partial charge in [-0.2, -0.15) is 4.99 Å². The molecule has 1 aromatic carbocycles. The number of nitrogens with zero attached hydrogens (tertiary/aromatic N) is 1. The van der Waals surface area contributed by atoms with E-state index in [-0.39, 0.29) is 0 Å². The second kappa shape index (κ2) is 5.82. The van der Waals surface area contributed by atoms with Gasteiger partial charge in [0.1, 0.15) is 11.3 Å². The molecule has 0 spiro atoms. The number of hydrogen-bond acceptors (Lipinski definition) is 3. The number of aliphatic imine (C=N–C) groups is 1. The number of hydrogen-bond donors (Lipinski definition) is 0. The van der Waals surface area contributed by atoms with Crippen LogP contribution in [0.3, 0.4) is 0 Å². The van der Waals surface area contributed by atoms with Crippen molar-refractivity contribution in [3.8, 4) is 5.75 Å². The maximum Gasteiger partial charge on any atom is 0.235 e. The van der Waals surface area contributed by atoms with Crippen molar-refractivity contribution in [2.45, 2.75) is 56.9 Å². The van der Waals surface area contributed by atoms with E-state index >= 15 is 0 Å². The number of carbonyl (C=O) groups excluding carboxylic acids is 1. The first-order valence-electron chi connectivity index (χ1n) is 7.69. The van der Waals surface area contributed by atoms with Gasteiger partial charge in [-0.1, -0.05) is 18.0 Å².